The molecule has 2 fully saturated rings. The van der Waals surface area contributed by atoms with Crippen molar-refractivity contribution in [2.75, 3.05) is 57.3 Å². The number of thiazole rings is 1. The van der Waals surface area contributed by atoms with Gasteiger partial charge in [-0.05, 0) is 134 Å². The molecule has 5 atom stereocenters. The van der Waals surface area contributed by atoms with Gasteiger partial charge in [0, 0.05) is 94.1 Å². The number of hydrogen-bond donors (Lipinski definition) is 3. The molecule has 412 valence electrons. The van der Waals surface area contributed by atoms with Crippen molar-refractivity contribution >= 4 is 52.2 Å². The van der Waals surface area contributed by atoms with Crippen LogP contribution in [0.4, 0.5) is 18.9 Å². The van der Waals surface area contributed by atoms with Gasteiger partial charge in [0.1, 0.15) is 23.3 Å². The summed E-state index contributed by atoms with van der Waals surface area (Å²) in [5.41, 5.74) is 8.15. The quantitative estimate of drug-likeness (QED) is 0.0778. The van der Waals surface area contributed by atoms with Crippen LogP contribution in [0.15, 0.2) is 102 Å². The number of aliphatic hydroxyl groups excluding tert-OH is 1. The molecule has 4 aromatic carbocycles. The number of rotatable bonds is 17. The molecule has 0 unspecified atom stereocenters. The number of fused-ring (bicyclic) bond motifs is 2. The molecule has 2 saturated heterocycles. The number of benzene rings is 4. The Bertz CT molecular complexity index is 3060. The number of ketones is 1. The number of β-amino-alcohol motifs (C(OH)–C–C–N with tert-alkyl or cyclic N) is 1. The monoisotopic (exact) mass is 1080 g/mol. The van der Waals surface area contributed by atoms with Gasteiger partial charge in [0.15, 0.2) is 5.78 Å². The predicted octanol–water partition coefficient (Wildman–Crippen LogP) is 9.55. The molecule has 3 N–H and O–H groups in total. The number of nitrogens with zero attached hydrogens (tertiary/aromatic N) is 5. The van der Waals surface area contributed by atoms with Crippen LogP contribution < -0.4 is 15.5 Å². The Hall–Kier alpha value is -6.46. The summed E-state index contributed by atoms with van der Waals surface area (Å²) in [6.07, 6.45) is 3.88. The SMILES string of the molecule is Cc1ncsc1-c1ccc(CCC(=O)[C@@H]2C[C@@H](O)CN2C(=O)[C@@H](NC(=O)c2ccc(N3CCN(CCNC(=O)/C=C/c4cc(F)c([C@@H]5C6=C(C[C@@H](C)N5CC(C)(C)F)c5ccccc5C6)c(F)c4)CC3)cc2)C(C)(C)C)cc1. The van der Waals surface area contributed by atoms with Gasteiger partial charge in [0.05, 0.1) is 34.3 Å². The number of halogens is 3. The molecule has 0 radical (unpaired) electrons. The van der Waals surface area contributed by atoms with E-state index < -0.39 is 64.7 Å². The molecule has 4 aliphatic rings. The van der Waals surface area contributed by atoms with E-state index in [4.69, 9.17) is 0 Å². The number of anilines is 1. The molecule has 1 aromatic heterocycles. The van der Waals surface area contributed by atoms with Crippen LogP contribution >= 0.6 is 11.3 Å². The molecule has 78 heavy (non-hydrogen) atoms. The van der Waals surface area contributed by atoms with E-state index >= 15 is 13.2 Å². The number of nitrogens with one attached hydrogen (secondary N) is 2. The number of carbonyl (C=O) groups excluding carboxylic acids is 4. The number of aryl methyl sites for hydroxylation is 2. The van der Waals surface area contributed by atoms with Crippen LogP contribution in [0.2, 0.25) is 0 Å². The van der Waals surface area contributed by atoms with Crippen molar-refractivity contribution in [3.8, 4) is 10.4 Å². The Morgan fingerprint density at radius 1 is 0.923 bits per heavy atom. The van der Waals surface area contributed by atoms with Crippen LogP contribution in [0.5, 0.6) is 0 Å². The fourth-order valence-corrected chi connectivity index (χ4v) is 12.5. The Labute approximate surface area is 460 Å². The second-order valence-corrected chi connectivity index (χ2v) is 24.0. The maximum Gasteiger partial charge on any atom is 0.251 e. The highest BCUT2D eigenvalue weighted by Crippen LogP contribution is 2.50. The third-order valence-corrected chi connectivity index (χ3v) is 16.7. The highest BCUT2D eigenvalue weighted by Gasteiger charge is 2.45. The number of piperazine rings is 1. The first-order valence-electron chi connectivity index (χ1n) is 27.2. The van der Waals surface area contributed by atoms with Gasteiger partial charge in [0.2, 0.25) is 11.8 Å². The Morgan fingerprint density at radius 3 is 2.27 bits per heavy atom. The van der Waals surface area contributed by atoms with E-state index in [9.17, 15) is 24.3 Å². The summed E-state index contributed by atoms with van der Waals surface area (Å²) < 4.78 is 47.7. The summed E-state index contributed by atoms with van der Waals surface area (Å²) in [7, 11) is 0. The summed E-state index contributed by atoms with van der Waals surface area (Å²) in [5.74, 6) is -2.82. The summed E-state index contributed by atoms with van der Waals surface area (Å²) >= 11 is 1.58. The fourth-order valence-electron chi connectivity index (χ4n) is 11.7. The van der Waals surface area contributed by atoms with Crippen LogP contribution in [-0.2, 0) is 27.2 Å². The lowest BCUT2D eigenvalue weighted by atomic mass is 9.83. The van der Waals surface area contributed by atoms with E-state index in [1.165, 1.54) is 43.0 Å². The van der Waals surface area contributed by atoms with Crippen LogP contribution in [0.1, 0.15) is 111 Å². The average Bonchev–Trinajstić information content (AvgIpc) is 4.30. The predicted molar refractivity (Wildman–Crippen MR) is 302 cm³/mol. The fraction of sp³-hybridized carbons (Fsp3) is 0.435. The Balaban J connectivity index is 0.739. The molecule has 0 spiro atoms. The number of carbonyl (C=O) groups is 4. The van der Waals surface area contributed by atoms with Crippen molar-refractivity contribution in [2.45, 2.75) is 117 Å². The van der Waals surface area contributed by atoms with E-state index in [1.54, 1.807) is 23.5 Å². The molecule has 12 nitrogen and oxygen atoms in total. The van der Waals surface area contributed by atoms with E-state index in [0.717, 1.165) is 62.7 Å². The topological polar surface area (TPSA) is 138 Å². The highest BCUT2D eigenvalue weighted by atomic mass is 32.1. The summed E-state index contributed by atoms with van der Waals surface area (Å²) in [6, 6.07) is 23.1. The van der Waals surface area contributed by atoms with Gasteiger partial charge in [-0.1, -0.05) is 69.3 Å². The minimum absolute atomic E-state index is 0.0115. The molecular formula is C62H72F3N7O5S. The van der Waals surface area contributed by atoms with Crippen LogP contribution in [0, 0.1) is 24.0 Å². The second-order valence-electron chi connectivity index (χ2n) is 23.2. The molecule has 5 aromatic rings. The van der Waals surface area contributed by atoms with Crippen molar-refractivity contribution in [1.29, 1.82) is 0 Å². The first-order chi connectivity index (χ1) is 37.1. The number of alkyl halides is 1. The molecule has 9 rings (SSSR count). The number of likely N-dealkylation sites (tertiary alicyclic amines) is 1. The van der Waals surface area contributed by atoms with Crippen molar-refractivity contribution in [3.63, 3.8) is 0 Å². The van der Waals surface area contributed by atoms with Gasteiger partial charge >= 0.3 is 0 Å². The first-order valence-corrected chi connectivity index (χ1v) is 28.1. The molecule has 0 bridgehead atoms. The van der Waals surface area contributed by atoms with Crippen LogP contribution in [0.3, 0.4) is 0 Å². The number of hydrogen-bond acceptors (Lipinski definition) is 10. The maximum absolute atomic E-state index is 16.2. The Kier molecular flexibility index (Phi) is 16.9. The van der Waals surface area contributed by atoms with Crippen LogP contribution in [-0.4, -0.2) is 131 Å². The Morgan fingerprint density at radius 2 is 1.62 bits per heavy atom. The second kappa shape index (κ2) is 23.5. The van der Waals surface area contributed by atoms with E-state index in [2.05, 4.69) is 25.4 Å². The van der Waals surface area contributed by atoms with E-state index in [1.807, 2.05) is 106 Å². The van der Waals surface area contributed by atoms with Crippen LogP contribution in [0.25, 0.3) is 22.1 Å². The molecule has 3 amide bonds. The minimum atomic E-state index is -1.59. The normalized spacial score (nSPS) is 20.5. The number of aliphatic hydroxyl groups is 1. The highest BCUT2D eigenvalue weighted by molar-refractivity contribution is 7.13. The lowest BCUT2D eigenvalue weighted by Crippen LogP contribution is -2.56. The lowest BCUT2D eigenvalue weighted by Gasteiger charge is -2.44. The molecule has 3 aliphatic heterocycles. The van der Waals surface area contributed by atoms with Crippen molar-refractivity contribution in [2.24, 2.45) is 5.41 Å². The third-order valence-electron chi connectivity index (χ3n) is 15.7. The van der Waals surface area contributed by atoms with Crippen molar-refractivity contribution < 1.29 is 37.5 Å². The number of Topliss-reactive ketones (excluding diaryl/α,β-unsaturated/α-hetero) is 1. The molecule has 16 heteroatoms. The van der Waals surface area contributed by atoms with Crippen molar-refractivity contribution in [1.82, 2.24) is 30.3 Å². The average molecular weight is 1080 g/mol. The zero-order chi connectivity index (χ0) is 55.6. The van der Waals surface area contributed by atoms with E-state index in [-0.39, 0.29) is 48.9 Å². The number of amides is 3. The van der Waals surface area contributed by atoms with E-state index in [0.29, 0.717) is 51.0 Å². The smallest absolute Gasteiger partial charge is 0.251 e. The van der Waals surface area contributed by atoms with Gasteiger partial charge in [-0.25, -0.2) is 18.2 Å². The van der Waals surface area contributed by atoms with Gasteiger partial charge in [-0.15, -0.1) is 11.3 Å². The first kappa shape index (κ1) is 56.3. The third kappa shape index (κ3) is 12.8. The molecule has 0 saturated carbocycles. The number of aromatic nitrogens is 1. The van der Waals surface area contributed by atoms with Crippen molar-refractivity contribution in [3.05, 3.63) is 153 Å². The van der Waals surface area contributed by atoms with Gasteiger partial charge in [0.25, 0.3) is 5.91 Å². The lowest BCUT2D eigenvalue weighted by molar-refractivity contribution is -0.141. The zero-order valence-corrected chi connectivity index (χ0v) is 46.6. The summed E-state index contributed by atoms with van der Waals surface area (Å²) in [5, 5.41) is 16.6. The largest absolute Gasteiger partial charge is 0.391 e. The molecule has 4 heterocycles. The molecular weight excluding hydrogens is 1010 g/mol. The minimum Gasteiger partial charge on any atom is -0.391 e. The summed E-state index contributed by atoms with van der Waals surface area (Å²) in [6.45, 7) is 16.4. The summed E-state index contributed by atoms with van der Waals surface area (Å²) in [4.78, 5) is 67.9. The van der Waals surface area contributed by atoms with Gasteiger partial charge < -0.3 is 25.5 Å². The van der Waals surface area contributed by atoms with Gasteiger partial charge in [-0.2, -0.15) is 0 Å². The van der Waals surface area contributed by atoms with Gasteiger partial charge in [-0.3, -0.25) is 29.0 Å². The standard InChI is InChI=1S/C62H72F3N7O5S/c1-38-30-48-47-11-9-8-10-44(47)33-49(48)56(72(38)36-62(6,7)65)55-50(63)31-41(32-51(55)64)15-23-54(75)66-24-25-69-26-28-70(29-27-69)45-20-18-43(19-21-45)59(76)68-58(61(3,4)5)60(77)71-35-46(73)34-52(71)53(74)22-14-40-12-16-42(17-13-40)57-39(2)67-37-78-57/h8-13,15-21,23,31-32,37-38,46,52,56,58,73H,14,22,24-30,33-36H2,1-7H3,(H,66,75)(H,68,76)/b23-15+/t38-,46-,52+,56+,58-/m1/s1. The maximum atomic E-state index is 16.2. The molecule has 1 aliphatic carbocycles. The zero-order valence-electron chi connectivity index (χ0n) is 45.8.